The van der Waals surface area contributed by atoms with Gasteiger partial charge >= 0.3 is 0 Å². The number of aliphatic hydroxyl groups is 1. The molecule has 184 valence electrons. The van der Waals surface area contributed by atoms with E-state index in [2.05, 4.69) is 34.3 Å². The molecule has 2 aliphatic rings. The van der Waals surface area contributed by atoms with Gasteiger partial charge in [0, 0.05) is 30.1 Å². The van der Waals surface area contributed by atoms with Crippen LogP contribution in [0.3, 0.4) is 0 Å². The van der Waals surface area contributed by atoms with Gasteiger partial charge in [0.05, 0.1) is 36.8 Å². The lowest BCUT2D eigenvalue weighted by atomic mass is 9.73. The predicted molar refractivity (Wildman–Crippen MR) is 136 cm³/mol. The van der Waals surface area contributed by atoms with E-state index >= 15 is 0 Å². The van der Waals surface area contributed by atoms with Crippen LogP contribution in [0.1, 0.15) is 51.8 Å². The summed E-state index contributed by atoms with van der Waals surface area (Å²) in [4.78, 5) is 23.2. The molecule has 0 saturated carbocycles. The Kier molecular flexibility index (Phi) is 5.46. The smallest absolute Gasteiger partial charge is 0.248 e. The second kappa shape index (κ2) is 8.69. The predicted octanol–water partition coefficient (Wildman–Crippen LogP) is 2.31. The van der Waals surface area contributed by atoms with Crippen molar-refractivity contribution in [3.63, 3.8) is 0 Å². The summed E-state index contributed by atoms with van der Waals surface area (Å²) in [7, 11) is 0. The van der Waals surface area contributed by atoms with Crippen LogP contribution in [0.4, 0.5) is 5.82 Å². The molecule has 0 bridgehead atoms. The number of nitrogens with zero attached hydrogens (tertiary/aromatic N) is 5. The topological polar surface area (TPSA) is 136 Å². The highest BCUT2D eigenvalue weighted by molar-refractivity contribution is 5.96. The van der Waals surface area contributed by atoms with Crippen molar-refractivity contribution in [1.29, 1.82) is 0 Å². The van der Waals surface area contributed by atoms with Gasteiger partial charge < -0.3 is 21.5 Å². The summed E-state index contributed by atoms with van der Waals surface area (Å²) in [5.41, 5.74) is 17.3. The zero-order valence-corrected chi connectivity index (χ0v) is 20.0. The molecule has 2 aromatic heterocycles. The molecule has 1 aliphatic carbocycles. The van der Waals surface area contributed by atoms with E-state index in [1.165, 1.54) is 11.1 Å². The summed E-state index contributed by atoms with van der Waals surface area (Å²) >= 11 is 0. The summed E-state index contributed by atoms with van der Waals surface area (Å²) in [6.45, 7) is 1.81. The molecule has 1 amide bonds. The van der Waals surface area contributed by atoms with Crippen molar-refractivity contribution in [1.82, 2.24) is 19.7 Å². The number of primary amides is 1. The zero-order chi connectivity index (χ0) is 24.9. The van der Waals surface area contributed by atoms with Crippen LogP contribution < -0.4 is 16.4 Å². The van der Waals surface area contributed by atoms with Crippen LogP contribution in [0.2, 0.25) is 0 Å². The summed E-state index contributed by atoms with van der Waals surface area (Å²) in [6, 6.07) is 13.8. The molecule has 6 rings (SSSR count). The molecule has 9 heteroatoms. The number of aliphatic hydroxyl groups excluding tert-OH is 1. The zero-order valence-electron chi connectivity index (χ0n) is 20.0. The van der Waals surface area contributed by atoms with Gasteiger partial charge in [0.25, 0.3) is 0 Å². The number of fused-ring (bicyclic) bond motifs is 2. The van der Waals surface area contributed by atoms with E-state index in [1.807, 2.05) is 6.07 Å². The van der Waals surface area contributed by atoms with Crippen molar-refractivity contribution in [3.05, 3.63) is 82.9 Å². The Morgan fingerprint density at radius 1 is 1.14 bits per heavy atom. The number of nitrogens with two attached hydrogens (primary N) is 2. The first kappa shape index (κ1) is 22.6. The minimum atomic E-state index is -0.484. The van der Waals surface area contributed by atoms with E-state index in [4.69, 9.17) is 21.4 Å². The maximum absolute atomic E-state index is 11.6. The third kappa shape index (κ3) is 3.71. The summed E-state index contributed by atoms with van der Waals surface area (Å²) in [5.74, 6) is 0.239. The van der Waals surface area contributed by atoms with E-state index in [0.717, 1.165) is 49.1 Å². The molecule has 1 aliphatic heterocycles. The number of amides is 1. The Bertz CT molecular complexity index is 1460. The van der Waals surface area contributed by atoms with Crippen LogP contribution in [0, 0.1) is 5.41 Å². The van der Waals surface area contributed by atoms with Crippen LogP contribution in [0.25, 0.3) is 10.9 Å². The van der Waals surface area contributed by atoms with Gasteiger partial charge in [0.1, 0.15) is 5.69 Å². The summed E-state index contributed by atoms with van der Waals surface area (Å²) in [5, 5.41) is 15.5. The summed E-state index contributed by atoms with van der Waals surface area (Å²) in [6.07, 6.45) is 6.44. The van der Waals surface area contributed by atoms with Gasteiger partial charge in [-0.25, -0.2) is 9.97 Å². The average Bonchev–Trinajstić information content (AvgIpc) is 3.42. The number of carbonyl (C=O) groups excluding carboxylic acids is 1. The van der Waals surface area contributed by atoms with Gasteiger partial charge in [-0.1, -0.05) is 30.3 Å². The van der Waals surface area contributed by atoms with Crippen molar-refractivity contribution in [2.75, 3.05) is 18.0 Å². The number of piperidine rings is 1. The second-order valence-electron chi connectivity index (χ2n) is 9.93. The molecule has 36 heavy (non-hydrogen) atoms. The molecule has 1 fully saturated rings. The van der Waals surface area contributed by atoms with E-state index < -0.39 is 5.91 Å². The van der Waals surface area contributed by atoms with E-state index in [0.29, 0.717) is 23.5 Å². The number of rotatable bonds is 5. The van der Waals surface area contributed by atoms with Crippen LogP contribution in [-0.4, -0.2) is 43.9 Å². The highest BCUT2D eigenvalue weighted by Crippen LogP contribution is 2.51. The normalized spacial score (nSPS) is 18.6. The Morgan fingerprint density at radius 3 is 2.69 bits per heavy atom. The Morgan fingerprint density at radius 2 is 1.94 bits per heavy atom. The van der Waals surface area contributed by atoms with Crippen LogP contribution in [0.5, 0.6) is 0 Å². The van der Waals surface area contributed by atoms with Gasteiger partial charge in [-0.2, -0.15) is 5.10 Å². The van der Waals surface area contributed by atoms with Crippen molar-refractivity contribution in [2.45, 2.75) is 38.5 Å². The van der Waals surface area contributed by atoms with Gasteiger partial charge in [0.15, 0.2) is 5.82 Å². The summed E-state index contributed by atoms with van der Waals surface area (Å²) < 4.78 is 1.76. The average molecular weight is 484 g/mol. The Labute approximate surface area is 208 Å². The van der Waals surface area contributed by atoms with E-state index in [-0.39, 0.29) is 18.1 Å². The minimum Gasteiger partial charge on any atom is -0.390 e. The van der Waals surface area contributed by atoms with Gasteiger partial charge in [0.2, 0.25) is 5.91 Å². The molecular weight excluding hydrogens is 454 g/mol. The first-order valence-corrected chi connectivity index (χ1v) is 12.3. The maximum Gasteiger partial charge on any atom is 0.248 e. The highest BCUT2D eigenvalue weighted by atomic mass is 16.3. The van der Waals surface area contributed by atoms with Gasteiger partial charge in [-0.05, 0) is 47.9 Å². The lowest BCUT2D eigenvalue weighted by Crippen LogP contribution is -2.45. The lowest BCUT2D eigenvalue weighted by molar-refractivity contribution is 0.100. The first-order chi connectivity index (χ1) is 17.5. The molecule has 4 aromatic rings. The molecule has 1 saturated heterocycles. The number of carbonyl (C=O) groups is 1. The SMILES string of the molecule is NC(=O)c1ccc2cnn(Cc3cnc(N4CCC5(CC4)Cc4ccccc4[C@H]5N)c(CO)n3)c2c1. The van der Waals surface area contributed by atoms with Crippen molar-refractivity contribution >= 4 is 22.6 Å². The molecular formula is C27H29N7O2. The quantitative estimate of drug-likeness (QED) is 0.396. The molecule has 9 nitrogen and oxygen atoms in total. The van der Waals surface area contributed by atoms with Crippen molar-refractivity contribution in [3.8, 4) is 0 Å². The number of hydrogen-bond donors (Lipinski definition) is 3. The Balaban J connectivity index is 1.20. The van der Waals surface area contributed by atoms with Crippen molar-refractivity contribution < 1.29 is 9.90 Å². The molecule has 0 unspecified atom stereocenters. The number of hydrogen-bond acceptors (Lipinski definition) is 7. The maximum atomic E-state index is 11.6. The monoisotopic (exact) mass is 483 g/mol. The molecule has 1 atom stereocenters. The molecule has 1 spiro atoms. The van der Waals surface area contributed by atoms with Crippen LogP contribution in [-0.2, 0) is 19.6 Å². The fraction of sp³-hybridized carbons (Fsp3) is 0.333. The van der Waals surface area contributed by atoms with Gasteiger partial charge in [-0.15, -0.1) is 0 Å². The lowest BCUT2D eigenvalue weighted by Gasteiger charge is -2.42. The highest BCUT2D eigenvalue weighted by Gasteiger charge is 2.46. The second-order valence-corrected chi connectivity index (χ2v) is 9.93. The third-order valence-corrected chi connectivity index (χ3v) is 7.91. The first-order valence-electron chi connectivity index (χ1n) is 12.3. The number of benzene rings is 2. The molecule has 0 radical (unpaired) electrons. The fourth-order valence-electron chi connectivity index (χ4n) is 5.88. The number of aromatic nitrogens is 4. The third-order valence-electron chi connectivity index (χ3n) is 7.91. The number of anilines is 1. The fourth-order valence-corrected chi connectivity index (χ4v) is 5.88. The molecule has 3 heterocycles. The van der Waals surface area contributed by atoms with Crippen molar-refractivity contribution in [2.24, 2.45) is 16.9 Å². The van der Waals surface area contributed by atoms with Gasteiger partial charge in [-0.3, -0.25) is 9.48 Å². The Hall–Kier alpha value is -3.82. The van der Waals surface area contributed by atoms with E-state index in [1.54, 1.807) is 29.2 Å². The van der Waals surface area contributed by atoms with E-state index in [9.17, 15) is 9.90 Å². The molecule has 5 N–H and O–H groups in total. The largest absolute Gasteiger partial charge is 0.390 e. The minimum absolute atomic E-state index is 0.0561. The van der Waals surface area contributed by atoms with Crippen LogP contribution >= 0.6 is 0 Å². The van der Waals surface area contributed by atoms with Crippen LogP contribution in [0.15, 0.2) is 54.9 Å². The standard InChI is InChI=1S/C27H29N7O2/c28-24-21-4-2-1-3-18(21)12-27(24)7-9-33(10-8-27)26-22(16-35)32-20(14-30-26)15-34-23-11-17(25(29)36)5-6-19(23)13-31-34/h1-6,11,13-14,24,35H,7-10,12,15-16,28H2,(H2,29,36)/t24-/m1/s1. The molecule has 2 aromatic carbocycles.